The predicted octanol–water partition coefficient (Wildman–Crippen LogP) is 4.14. The van der Waals surface area contributed by atoms with Crippen LogP contribution in [0, 0.1) is 13.8 Å². The summed E-state index contributed by atoms with van der Waals surface area (Å²) in [5.74, 6) is 0. The summed E-state index contributed by atoms with van der Waals surface area (Å²) in [5, 5.41) is 7.17. The maximum absolute atomic E-state index is 5.40. The third-order valence-corrected chi connectivity index (χ3v) is 3.65. The molecular weight excluding hydrogens is 278 g/mol. The van der Waals surface area contributed by atoms with Crippen molar-refractivity contribution in [2.24, 2.45) is 0 Å². The number of benzene rings is 1. The fourth-order valence-electron chi connectivity index (χ4n) is 2.38. The van der Waals surface area contributed by atoms with Gasteiger partial charge in [0.25, 0.3) is 0 Å². The highest BCUT2D eigenvalue weighted by atomic mass is 32.1. The lowest BCUT2D eigenvalue weighted by atomic mass is 9.98. The number of anilines is 1. The van der Waals surface area contributed by atoms with Gasteiger partial charge in [0.15, 0.2) is 5.11 Å². The van der Waals surface area contributed by atoms with Crippen molar-refractivity contribution in [2.45, 2.75) is 33.2 Å². The van der Waals surface area contributed by atoms with E-state index in [4.69, 9.17) is 12.2 Å². The van der Waals surface area contributed by atoms with E-state index in [1.54, 1.807) is 12.4 Å². The van der Waals surface area contributed by atoms with Gasteiger partial charge in [-0.3, -0.25) is 4.98 Å². The molecule has 1 aromatic heterocycles. The number of aryl methyl sites for hydroxylation is 2. The molecule has 0 spiro atoms. The topological polar surface area (TPSA) is 37.0 Å². The maximum Gasteiger partial charge on any atom is 0.171 e. The molecule has 1 aromatic carbocycles. The Hall–Kier alpha value is -1.94. The quantitative estimate of drug-likeness (QED) is 0.832. The van der Waals surface area contributed by atoms with Crippen LogP contribution in [0.5, 0.6) is 0 Å². The summed E-state index contributed by atoms with van der Waals surface area (Å²) in [5.41, 5.74) is 4.75. The number of rotatable bonds is 4. The molecule has 3 nitrogen and oxygen atoms in total. The van der Waals surface area contributed by atoms with Crippen LogP contribution in [-0.4, -0.2) is 10.1 Å². The summed E-state index contributed by atoms with van der Waals surface area (Å²) in [7, 11) is 0. The van der Waals surface area contributed by atoms with Crippen molar-refractivity contribution in [3.63, 3.8) is 0 Å². The van der Waals surface area contributed by atoms with Gasteiger partial charge >= 0.3 is 0 Å². The number of nitrogens with one attached hydrogen (secondary N) is 2. The zero-order valence-corrected chi connectivity index (χ0v) is 13.5. The average molecular weight is 299 g/mol. The Morgan fingerprint density at radius 2 is 2.10 bits per heavy atom. The summed E-state index contributed by atoms with van der Waals surface area (Å²) in [4.78, 5) is 4.07. The molecule has 0 amide bonds. The van der Waals surface area contributed by atoms with Gasteiger partial charge in [-0.2, -0.15) is 0 Å². The second-order valence-electron chi connectivity index (χ2n) is 5.16. The van der Waals surface area contributed by atoms with Crippen LogP contribution in [0.25, 0.3) is 0 Å². The molecule has 0 aliphatic heterocycles. The van der Waals surface area contributed by atoms with Crippen LogP contribution in [0.15, 0.2) is 42.7 Å². The van der Waals surface area contributed by atoms with Crippen LogP contribution in [0.2, 0.25) is 0 Å². The molecule has 21 heavy (non-hydrogen) atoms. The highest BCUT2D eigenvalue weighted by Gasteiger charge is 2.13. The van der Waals surface area contributed by atoms with Crippen molar-refractivity contribution in [1.29, 1.82) is 0 Å². The van der Waals surface area contributed by atoms with Crippen LogP contribution in [-0.2, 0) is 0 Å². The standard InChI is InChI=1S/C17H21N3S/c1-4-16(15-8-7-12(2)10-13(15)3)20-17(21)19-14-6-5-9-18-11-14/h5-11,16H,4H2,1-3H3,(H2,19,20,21). The van der Waals surface area contributed by atoms with Crippen LogP contribution in [0.1, 0.15) is 36.1 Å². The number of hydrogen-bond acceptors (Lipinski definition) is 2. The number of hydrogen-bond donors (Lipinski definition) is 2. The van der Waals surface area contributed by atoms with Gasteiger partial charge < -0.3 is 10.6 Å². The van der Waals surface area contributed by atoms with Gasteiger partial charge in [0.1, 0.15) is 0 Å². The summed E-state index contributed by atoms with van der Waals surface area (Å²) < 4.78 is 0. The molecule has 0 saturated carbocycles. The van der Waals surface area contributed by atoms with Gasteiger partial charge in [-0.05, 0) is 55.7 Å². The molecule has 0 saturated heterocycles. The molecule has 2 N–H and O–H groups in total. The van der Waals surface area contributed by atoms with Crippen molar-refractivity contribution < 1.29 is 0 Å². The first kappa shape index (κ1) is 15.4. The predicted molar refractivity (Wildman–Crippen MR) is 92.5 cm³/mol. The Bertz CT molecular complexity index is 611. The van der Waals surface area contributed by atoms with E-state index in [-0.39, 0.29) is 6.04 Å². The SMILES string of the molecule is CCC(NC(=S)Nc1cccnc1)c1ccc(C)cc1C. The molecular formula is C17H21N3S. The smallest absolute Gasteiger partial charge is 0.171 e. The summed E-state index contributed by atoms with van der Waals surface area (Å²) in [6.45, 7) is 6.41. The van der Waals surface area contributed by atoms with E-state index in [2.05, 4.69) is 54.6 Å². The molecule has 0 aliphatic rings. The molecule has 0 radical (unpaired) electrons. The molecule has 0 aliphatic carbocycles. The monoisotopic (exact) mass is 299 g/mol. The minimum absolute atomic E-state index is 0.210. The first-order chi connectivity index (χ1) is 10.1. The fourth-order valence-corrected chi connectivity index (χ4v) is 2.64. The Morgan fingerprint density at radius 1 is 1.29 bits per heavy atom. The molecule has 0 bridgehead atoms. The Balaban J connectivity index is 2.06. The summed E-state index contributed by atoms with van der Waals surface area (Å²) >= 11 is 5.40. The molecule has 0 fully saturated rings. The highest BCUT2D eigenvalue weighted by Crippen LogP contribution is 2.21. The minimum atomic E-state index is 0.210. The molecule has 1 atom stereocenters. The molecule has 4 heteroatoms. The van der Waals surface area contributed by atoms with Crippen molar-refractivity contribution in [3.05, 3.63) is 59.4 Å². The third-order valence-electron chi connectivity index (χ3n) is 3.43. The Morgan fingerprint density at radius 3 is 2.71 bits per heavy atom. The molecule has 1 heterocycles. The van der Waals surface area contributed by atoms with E-state index in [9.17, 15) is 0 Å². The van der Waals surface area contributed by atoms with Crippen molar-refractivity contribution in [3.8, 4) is 0 Å². The van der Waals surface area contributed by atoms with Crippen LogP contribution in [0.3, 0.4) is 0 Å². The third kappa shape index (κ3) is 4.26. The largest absolute Gasteiger partial charge is 0.356 e. The van der Waals surface area contributed by atoms with E-state index in [0.29, 0.717) is 5.11 Å². The van der Waals surface area contributed by atoms with Crippen LogP contribution >= 0.6 is 12.2 Å². The number of pyridine rings is 1. The van der Waals surface area contributed by atoms with Crippen molar-refractivity contribution >= 4 is 23.0 Å². The second-order valence-corrected chi connectivity index (χ2v) is 5.57. The lowest BCUT2D eigenvalue weighted by molar-refractivity contribution is 0.625. The van der Waals surface area contributed by atoms with E-state index in [0.717, 1.165) is 12.1 Å². The van der Waals surface area contributed by atoms with Crippen LogP contribution < -0.4 is 10.6 Å². The average Bonchev–Trinajstić information content (AvgIpc) is 2.46. The lowest BCUT2D eigenvalue weighted by Crippen LogP contribution is -2.32. The molecule has 2 rings (SSSR count). The zero-order chi connectivity index (χ0) is 15.2. The number of nitrogens with zero attached hydrogens (tertiary/aromatic N) is 1. The Kier molecular flexibility index (Phi) is 5.28. The van der Waals surface area contributed by atoms with Crippen LogP contribution in [0.4, 0.5) is 5.69 Å². The van der Waals surface area contributed by atoms with E-state index in [1.807, 2.05) is 12.1 Å². The first-order valence-electron chi connectivity index (χ1n) is 7.15. The van der Waals surface area contributed by atoms with Crippen molar-refractivity contribution in [2.75, 3.05) is 5.32 Å². The van der Waals surface area contributed by atoms with E-state index in [1.165, 1.54) is 16.7 Å². The van der Waals surface area contributed by atoms with Gasteiger partial charge in [0.05, 0.1) is 17.9 Å². The first-order valence-corrected chi connectivity index (χ1v) is 7.55. The maximum atomic E-state index is 5.40. The van der Waals surface area contributed by atoms with E-state index >= 15 is 0 Å². The van der Waals surface area contributed by atoms with Gasteiger partial charge in [0.2, 0.25) is 0 Å². The minimum Gasteiger partial charge on any atom is -0.356 e. The Labute approximate surface area is 131 Å². The van der Waals surface area contributed by atoms with Gasteiger partial charge in [0, 0.05) is 6.20 Å². The number of thiocarbonyl (C=S) groups is 1. The number of aromatic nitrogens is 1. The summed E-state index contributed by atoms with van der Waals surface area (Å²) in [6, 6.07) is 10.6. The van der Waals surface area contributed by atoms with Crippen molar-refractivity contribution in [1.82, 2.24) is 10.3 Å². The highest BCUT2D eigenvalue weighted by molar-refractivity contribution is 7.80. The van der Waals surface area contributed by atoms with Gasteiger partial charge in [-0.25, -0.2) is 0 Å². The normalized spacial score (nSPS) is 11.8. The van der Waals surface area contributed by atoms with Gasteiger partial charge in [-0.1, -0.05) is 30.7 Å². The van der Waals surface area contributed by atoms with E-state index < -0.39 is 0 Å². The molecule has 2 aromatic rings. The van der Waals surface area contributed by atoms with Gasteiger partial charge in [-0.15, -0.1) is 0 Å². The summed E-state index contributed by atoms with van der Waals surface area (Å²) in [6.07, 6.45) is 4.47. The second kappa shape index (κ2) is 7.18. The zero-order valence-electron chi connectivity index (χ0n) is 12.7. The molecule has 1 unspecified atom stereocenters. The lowest BCUT2D eigenvalue weighted by Gasteiger charge is -2.22. The fraction of sp³-hybridized carbons (Fsp3) is 0.294. The molecule has 110 valence electrons.